The predicted molar refractivity (Wildman–Crippen MR) is 128 cm³/mol. The first-order valence-electron chi connectivity index (χ1n) is 10.5. The lowest BCUT2D eigenvalue weighted by Gasteiger charge is -2.28. The van der Waals surface area contributed by atoms with Gasteiger partial charge in [-0.3, -0.25) is 4.79 Å². The summed E-state index contributed by atoms with van der Waals surface area (Å²) in [6.07, 6.45) is -0.858. The zero-order chi connectivity index (χ0) is 22.7. The predicted octanol–water partition coefficient (Wildman–Crippen LogP) is 7.28. The first-order chi connectivity index (χ1) is 15.3. The Bertz CT molecular complexity index is 1150. The summed E-state index contributed by atoms with van der Waals surface area (Å²) in [6.45, 7) is 1.97. The number of anilines is 1. The molecule has 0 saturated heterocycles. The quantitative estimate of drug-likeness (QED) is 0.273. The van der Waals surface area contributed by atoms with Crippen LogP contribution in [0.25, 0.3) is 10.9 Å². The molecule has 1 heterocycles. The molecule has 4 rings (SSSR count). The Hall–Kier alpha value is -2.36. The molecule has 2 atom stereocenters. The minimum absolute atomic E-state index is 0.0463. The second kappa shape index (κ2) is 9.64. The average Bonchev–Trinajstić information content (AvgIpc) is 2.77. The summed E-state index contributed by atoms with van der Waals surface area (Å²) in [7, 11) is 0. The number of pyridine rings is 1. The van der Waals surface area contributed by atoms with Crippen LogP contribution in [0, 0.1) is 6.92 Å². The Morgan fingerprint density at radius 2 is 1.88 bits per heavy atom. The molecule has 0 radical (unpaired) electrons. The fraction of sp³-hybridized carbons (Fsp3) is 0.333. The van der Waals surface area contributed by atoms with Crippen LogP contribution >= 0.6 is 21.0 Å². The Morgan fingerprint density at radius 1 is 1.12 bits per heavy atom. The number of hydrogen-bond donors (Lipinski definition) is 1. The zero-order valence-electron chi connectivity index (χ0n) is 17.5. The van der Waals surface area contributed by atoms with Gasteiger partial charge in [-0.15, -0.1) is 0 Å². The molecule has 1 fully saturated rings. The van der Waals surface area contributed by atoms with Crippen LogP contribution < -0.4 is 5.32 Å². The van der Waals surface area contributed by atoms with E-state index in [1.807, 2.05) is 19.1 Å². The number of hydrogen-bond acceptors (Lipinski definition) is 3. The molecule has 1 aromatic heterocycles. The van der Waals surface area contributed by atoms with Crippen molar-refractivity contribution in [3.63, 3.8) is 0 Å². The van der Waals surface area contributed by atoms with Crippen molar-refractivity contribution in [2.75, 3.05) is 5.32 Å². The van der Waals surface area contributed by atoms with E-state index in [1.165, 1.54) is 0 Å². The highest BCUT2D eigenvalue weighted by molar-refractivity contribution is 14.2. The van der Waals surface area contributed by atoms with Crippen LogP contribution in [0.15, 0.2) is 57.7 Å². The lowest BCUT2D eigenvalue weighted by Crippen LogP contribution is -2.28. The summed E-state index contributed by atoms with van der Waals surface area (Å²) in [6, 6.07) is 15.4. The van der Waals surface area contributed by atoms with Gasteiger partial charge in [-0.2, -0.15) is 16.3 Å². The lowest BCUT2D eigenvalue weighted by atomic mass is 9.95. The fourth-order valence-electron chi connectivity index (χ4n) is 3.87. The number of benzene rings is 2. The summed E-state index contributed by atoms with van der Waals surface area (Å²) in [5, 5.41) is 4.02. The Morgan fingerprint density at radius 3 is 2.62 bits per heavy atom. The minimum Gasteiger partial charge on any atom is -0.382 e. The van der Waals surface area contributed by atoms with Gasteiger partial charge in [0.2, 0.25) is 0 Å². The molecular weight excluding hydrogens is 530 g/mol. The van der Waals surface area contributed by atoms with Gasteiger partial charge >= 0.3 is 6.18 Å². The van der Waals surface area contributed by atoms with Crippen LogP contribution in [0.2, 0.25) is 0 Å². The molecule has 8 heteroatoms. The van der Waals surface area contributed by atoms with Crippen LogP contribution in [0.3, 0.4) is 0 Å². The van der Waals surface area contributed by atoms with E-state index in [1.54, 1.807) is 36.4 Å². The summed E-state index contributed by atoms with van der Waals surface area (Å²) < 4.78 is 44.7. The van der Waals surface area contributed by atoms with E-state index in [0.717, 1.165) is 37.3 Å². The van der Waals surface area contributed by atoms with Crippen molar-refractivity contribution in [1.82, 2.24) is 4.98 Å². The maximum absolute atomic E-state index is 13.3. The Balaban J connectivity index is 1.49. The van der Waals surface area contributed by atoms with E-state index in [-0.39, 0.29) is 11.9 Å². The summed E-state index contributed by atoms with van der Waals surface area (Å²) in [5.41, 5.74) is 1.58. The molecule has 1 unspecified atom stereocenters. The minimum atomic E-state index is -4.50. The molecule has 1 amide bonds. The number of rotatable bonds is 4. The van der Waals surface area contributed by atoms with E-state index >= 15 is 0 Å². The molecule has 4 nitrogen and oxygen atoms in total. The van der Waals surface area contributed by atoms with Crippen molar-refractivity contribution < 1.29 is 18.0 Å². The number of carbonyl (C=O) groups excluding carboxylic acids is 1. The van der Waals surface area contributed by atoms with Crippen molar-refractivity contribution in [3.8, 4) is 0 Å². The van der Waals surface area contributed by atoms with Crippen LogP contribution in [0.4, 0.5) is 18.9 Å². The monoisotopic (exact) mass is 553 g/mol. The third-order valence-corrected chi connectivity index (χ3v) is 8.17. The van der Waals surface area contributed by atoms with Gasteiger partial charge in [0.05, 0.1) is 5.52 Å². The molecule has 1 saturated carbocycles. The van der Waals surface area contributed by atoms with E-state index in [4.69, 9.17) is 0 Å². The second-order valence-corrected chi connectivity index (χ2v) is 10.8. The molecule has 2 aromatic carbocycles. The highest BCUT2D eigenvalue weighted by Gasteiger charge is 2.33. The van der Waals surface area contributed by atoms with E-state index in [9.17, 15) is 18.0 Å². The number of alkyl halides is 4. The SMILES string of the molecule is Cc1ccc(C(=O)N=IC2CCC[C@H](Nc3cc(C(F)(F)F)nc4ccccc34)C2)cc1. The number of aromatic nitrogens is 1. The van der Waals surface area contributed by atoms with Gasteiger partial charge < -0.3 is 5.32 Å². The normalized spacial score (nSPS) is 19.6. The number of carbonyl (C=O) groups is 1. The molecule has 0 aliphatic heterocycles. The van der Waals surface area contributed by atoms with Crippen molar-refractivity contribution in [3.05, 3.63) is 71.4 Å². The molecule has 32 heavy (non-hydrogen) atoms. The highest BCUT2D eigenvalue weighted by Crippen LogP contribution is 2.36. The van der Waals surface area contributed by atoms with E-state index in [2.05, 4.69) is 13.4 Å². The van der Waals surface area contributed by atoms with Crippen LogP contribution in [0.1, 0.15) is 47.3 Å². The molecule has 0 bridgehead atoms. The second-order valence-electron chi connectivity index (χ2n) is 8.03. The first-order valence-corrected chi connectivity index (χ1v) is 12.7. The molecule has 1 N–H and O–H groups in total. The summed E-state index contributed by atoms with van der Waals surface area (Å²) in [4.78, 5) is 16.2. The molecule has 3 aromatic rings. The smallest absolute Gasteiger partial charge is 0.382 e. The third kappa shape index (κ3) is 5.51. The number of nitrogens with zero attached hydrogens (tertiary/aromatic N) is 2. The fourth-order valence-corrected chi connectivity index (χ4v) is 6.35. The summed E-state index contributed by atoms with van der Waals surface area (Å²) >= 11 is -0.691. The van der Waals surface area contributed by atoms with Crippen LogP contribution in [-0.2, 0) is 6.18 Å². The lowest BCUT2D eigenvalue weighted by molar-refractivity contribution is -0.140. The Kier molecular flexibility index (Phi) is 6.88. The largest absolute Gasteiger partial charge is 0.433 e. The van der Waals surface area contributed by atoms with Gasteiger partial charge in [0, 0.05) is 47.6 Å². The topological polar surface area (TPSA) is 54.4 Å². The van der Waals surface area contributed by atoms with Crippen molar-refractivity contribution in [1.29, 1.82) is 0 Å². The molecule has 0 spiro atoms. The maximum Gasteiger partial charge on any atom is 0.433 e. The molecule has 1 aliphatic carbocycles. The van der Waals surface area contributed by atoms with Gasteiger partial charge in [0.1, 0.15) is 5.69 Å². The van der Waals surface area contributed by atoms with Gasteiger partial charge in [-0.25, -0.2) is 4.98 Å². The molecular formula is C24H23F3IN3O. The maximum atomic E-state index is 13.3. The van der Waals surface area contributed by atoms with E-state index < -0.39 is 32.9 Å². The third-order valence-electron chi connectivity index (χ3n) is 5.54. The van der Waals surface area contributed by atoms with Crippen LogP contribution in [-0.4, -0.2) is 20.9 Å². The van der Waals surface area contributed by atoms with Gasteiger partial charge in [0.15, 0.2) is 0 Å². The van der Waals surface area contributed by atoms with Gasteiger partial charge in [0.25, 0.3) is 5.91 Å². The average molecular weight is 553 g/mol. The number of aryl methyl sites for hydroxylation is 1. The number of amides is 1. The zero-order valence-corrected chi connectivity index (χ0v) is 19.7. The standard InChI is InChI=1S/C24H23F3IN3O/c1-15-9-11-16(12-10-15)23(32)31-28-17-5-4-6-18(13-17)29-21-14-22(24(25,26)27)30-20-8-3-2-7-19(20)21/h2-3,7-12,14,17-18H,4-6,13H2,1H3,(H,29,30)/t17?,18-/m0/s1. The number of nitrogens with one attached hydrogen (secondary N) is 1. The van der Waals surface area contributed by atoms with Crippen molar-refractivity contribution >= 4 is 43.5 Å². The van der Waals surface area contributed by atoms with Gasteiger partial charge in [-0.1, -0.05) is 42.3 Å². The number of halogens is 4. The van der Waals surface area contributed by atoms with E-state index in [0.29, 0.717) is 26.1 Å². The van der Waals surface area contributed by atoms with Gasteiger partial charge in [-0.05, 0) is 50.5 Å². The highest BCUT2D eigenvalue weighted by atomic mass is 127. The molecule has 168 valence electrons. The summed E-state index contributed by atoms with van der Waals surface area (Å²) in [5.74, 6) is -0.178. The van der Waals surface area contributed by atoms with Crippen molar-refractivity contribution in [2.24, 2.45) is 3.15 Å². The number of para-hydroxylation sites is 1. The van der Waals surface area contributed by atoms with Crippen LogP contribution in [0.5, 0.6) is 0 Å². The number of fused-ring (bicyclic) bond motifs is 1. The van der Waals surface area contributed by atoms with Crippen molar-refractivity contribution in [2.45, 2.75) is 48.7 Å². The first kappa shape index (κ1) is 22.8. The molecule has 1 aliphatic rings. The Labute approximate surface area is 194 Å².